The molecule has 0 atom stereocenters. The summed E-state index contributed by atoms with van der Waals surface area (Å²) in [7, 11) is 1.75. The largest absolute Gasteiger partial charge is 0.388 e. The Morgan fingerprint density at radius 1 is 1.48 bits per heavy atom. The van der Waals surface area contributed by atoms with Gasteiger partial charge in [-0.2, -0.15) is 5.10 Å². The molecule has 118 valence electrons. The summed E-state index contributed by atoms with van der Waals surface area (Å²) in [6.45, 7) is 5.99. The van der Waals surface area contributed by atoms with E-state index in [2.05, 4.69) is 5.10 Å². The van der Waals surface area contributed by atoms with Gasteiger partial charge in [0.15, 0.2) is 0 Å². The minimum absolute atomic E-state index is 0.0301. The Kier molecular flexibility index (Phi) is 5.00. The van der Waals surface area contributed by atoms with Gasteiger partial charge in [-0.25, -0.2) is 0 Å². The third-order valence-corrected chi connectivity index (χ3v) is 4.02. The van der Waals surface area contributed by atoms with E-state index in [0.717, 1.165) is 11.4 Å². The summed E-state index contributed by atoms with van der Waals surface area (Å²) in [5, 5.41) is 14.8. The van der Waals surface area contributed by atoms with Crippen molar-refractivity contribution in [2.45, 2.75) is 45.3 Å². The summed E-state index contributed by atoms with van der Waals surface area (Å²) in [5.41, 5.74) is 1.22. The van der Waals surface area contributed by atoms with E-state index in [-0.39, 0.29) is 5.91 Å². The number of hydrogen-bond acceptors (Lipinski definition) is 4. The quantitative estimate of drug-likeness (QED) is 0.876. The highest BCUT2D eigenvalue weighted by Gasteiger charge is 2.32. The average Bonchev–Trinajstić information content (AvgIpc) is 2.74. The molecule has 0 spiro atoms. The van der Waals surface area contributed by atoms with Crippen LogP contribution in [0.25, 0.3) is 0 Å². The Labute approximate surface area is 125 Å². The number of carbonyl (C=O) groups is 1. The normalized spacial score (nSPS) is 17.7. The van der Waals surface area contributed by atoms with Crippen molar-refractivity contribution in [2.24, 2.45) is 0 Å². The van der Waals surface area contributed by atoms with E-state index in [1.54, 1.807) is 11.9 Å². The Bertz CT molecular complexity index is 492. The van der Waals surface area contributed by atoms with Gasteiger partial charge in [-0.15, -0.1) is 0 Å². The van der Waals surface area contributed by atoms with Crippen LogP contribution in [0.15, 0.2) is 6.07 Å². The second-order valence-corrected chi connectivity index (χ2v) is 5.99. The number of amides is 1. The Balaban J connectivity index is 1.83. The van der Waals surface area contributed by atoms with Crippen molar-refractivity contribution < 1.29 is 14.6 Å². The summed E-state index contributed by atoms with van der Waals surface area (Å²) in [6, 6.07) is 2.00. The van der Waals surface area contributed by atoms with Gasteiger partial charge in [-0.3, -0.25) is 9.48 Å². The first-order valence-corrected chi connectivity index (χ1v) is 7.45. The van der Waals surface area contributed by atoms with Crippen molar-refractivity contribution in [3.8, 4) is 0 Å². The van der Waals surface area contributed by atoms with E-state index in [9.17, 15) is 9.90 Å². The maximum Gasteiger partial charge on any atom is 0.224 e. The zero-order chi connectivity index (χ0) is 15.5. The number of aromatic nitrogens is 2. The Hall–Kier alpha value is -1.40. The van der Waals surface area contributed by atoms with E-state index >= 15 is 0 Å². The summed E-state index contributed by atoms with van der Waals surface area (Å²) >= 11 is 0. The SMILES string of the molecule is Cc1cc(C)n(CCC(=O)N(C)CC2(O)CCOCC2)n1. The minimum Gasteiger partial charge on any atom is -0.388 e. The molecule has 0 aliphatic carbocycles. The predicted octanol–water partition coefficient (Wildman–Crippen LogP) is 0.890. The predicted molar refractivity (Wildman–Crippen MR) is 79.0 cm³/mol. The number of nitrogens with zero attached hydrogens (tertiary/aromatic N) is 3. The topological polar surface area (TPSA) is 67.6 Å². The summed E-state index contributed by atoms with van der Waals surface area (Å²) in [4.78, 5) is 13.8. The lowest BCUT2D eigenvalue weighted by atomic mass is 9.94. The molecule has 2 heterocycles. The molecule has 0 bridgehead atoms. The molecule has 0 unspecified atom stereocenters. The second kappa shape index (κ2) is 6.58. The van der Waals surface area contributed by atoms with Crippen molar-refractivity contribution in [3.63, 3.8) is 0 Å². The van der Waals surface area contributed by atoms with Crippen LogP contribution >= 0.6 is 0 Å². The molecule has 2 rings (SSSR count). The number of ether oxygens (including phenoxy) is 1. The van der Waals surface area contributed by atoms with Crippen molar-refractivity contribution in [1.82, 2.24) is 14.7 Å². The highest BCUT2D eigenvalue weighted by atomic mass is 16.5. The van der Waals surface area contributed by atoms with Crippen molar-refractivity contribution in [2.75, 3.05) is 26.8 Å². The molecule has 21 heavy (non-hydrogen) atoms. The number of hydrogen-bond donors (Lipinski definition) is 1. The molecule has 1 aliphatic rings. The molecule has 6 heteroatoms. The van der Waals surface area contributed by atoms with Crippen molar-refractivity contribution in [3.05, 3.63) is 17.5 Å². The first-order valence-electron chi connectivity index (χ1n) is 7.45. The molecule has 6 nitrogen and oxygen atoms in total. The lowest BCUT2D eigenvalue weighted by Gasteiger charge is -2.35. The molecular formula is C15H25N3O3. The third-order valence-electron chi connectivity index (χ3n) is 4.02. The van der Waals surface area contributed by atoms with Gasteiger partial charge in [0.2, 0.25) is 5.91 Å². The zero-order valence-electron chi connectivity index (χ0n) is 13.1. The van der Waals surface area contributed by atoms with Crippen LogP contribution < -0.4 is 0 Å². The fourth-order valence-electron chi connectivity index (χ4n) is 2.73. The first kappa shape index (κ1) is 16.0. The molecular weight excluding hydrogens is 270 g/mol. The van der Waals surface area contributed by atoms with E-state index < -0.39 is 5.60 Å². The van der Waals surface area contributed by atoms with Crippen LogP contribution in [0.5, 0.6) is 0 Å². The summed E-state index contributed by atoms with van der Waals surface area (Å²) in [5.74, 6) is 0.0301. The first-order chi connectivity index (χ1) is 9.89. The third kappa shape index (κ3) is 4.28. The van der Waals surface area contributed by atoms with Gasteiger partial charge in [0, 0.05) is 58.3 Å². The fraction of sp³-hybridized carbons (Fsp3) is 0.733. The van der Waals surface area contributed by atoms with Crippen LogP contribution in [-0.2, 0) is 16.1 Å². The number of rotatable bonds is 5. The maximum atomic E-state index is 12.2. The summed E-state index contributed by atoms with van der Waals surface area (Å²) < 4.78 is 7.10. The van der Waals surface area contributed by atoms with Crippen LogP contribution in [0.1, 0.15) is 30.7 Å². The number of likely N-dealkylation sites (N-methyl/N-ethyl adjacent to an activating group) is 1. The molecule has 0 aromatic carbocycles. The van der Waals surface area contributed by atoms with Gasteiger partial charge < -0.3 is 14.7 Å². The van der Waals surface area contributed by atoms with E-state index in [1.165, 1.54) is 0 Å². The van der Waals surface area contributed by atoms with Gasteiger partial charge in [0.1, 0.15) is 0 Å². The standard InChI is InChI=1S/C15H25N3O3/c1-12-10-13(2)18(16-12)7-4-14(19)17(3)11-15(20)5-8-21-9-6-15/h10,20H,4-9,11H2,1-3H3. The monoisotopic (exact) mass is 295 g/mol. The second-order valence-electron chi connectivity index (χ2n) is 5.99. The number of aliphatic hydroxyl groups is 1. The van der Waals surface area contributed by atoms with Crippen LogP contribution in [0.4, 0.5) is 0 Å². The number of aryl methyl sites for hydroxylation is 3. The molecule has 1 amide bonds. The molecule has 1 N–H and O–H groups in total. The summed E-state index contributed by atoms with van der Waals surface area (Å²) in [6.07, 6.45) is 1.56. The molecule has 1 aromatic heterocycles. The highest BCUT2D eigenvalue weighted by Crippen LogP contribution is 2.21. The molecule has 1 fully saturated rings. The smallest absolute Gasteiger partial charge is 0.224 e. The van der Waals surface area contributed by atoms with Crippen LogP contribution in [0.3, 0.4) is 0 Å². The molecule has 1 aromatic rings. The molecule has 0 radical (unpaired) electrons. The van der Waals surface area contributed by atoms with E-state index in [0.29, 0.717) is 45.6 Å². The fourth-order valence-corrected chi connectivity index (χ4v) is 2.73. The molecule has 1 aliphatic heterocycles. The van der Waals surface area contributed by atoms with Crippen molar-refractivity contribution in [1.29, 1.82) is 0 Å². The Morgan fingerprint density at radius 2 is 2.14 bits per heavy atom. The minimum atomic E-state index is -0.805. The van der Waals surface area contributed by atoms with Gasteiger partial charge >= 0.3 is 0 Å². The number of carbonyl (C=O) groups excluding carboxylic acids is 1. The van der Waals surface area contributed by atoms with Gasteiger partial charge in [-0.05, 0) is 19.9 Å². The van der Waals surface area contributed by atoms with Crippen molar-refractivity contribution >= 4 is 5.91 Å². The lowest BCUT2D eigenvalue weighted by Crippen LogP contribution is -2.47. The van der Waals surface area contributed by atoms with Crippen LogP contribution in [0.2, 0.25) is 0 Å². The maximum absolute atomic E-state index is 12.2. The molecule has 1 saturated heterocycles. The van der Waals surface area contributed by atoms with Gasteiger partial charge in [0.05, 0.1) is 11.3 Å². The van der Waals surface area contributed by atoms with E-state index in [4.69, 9.17) is 4.74 Å². The zero-order valence-corrected chi connectivity index (χ0v) is 13.1. The molecule has 0 saturated carbocycles. The average molecular weight is 295 g/mol. The van der Waals surface area contributed by atoms with Crippen LogP contribution in [0, 0.1) is 13.8 Å². The van der Waals surface area contributed by atoms with Gasteiger partial charge in [-0.1, -0.05) is 0 Å². The van der Waals surface area contributed by atoms with E-state index in [1.807, 2.05) is 24.6 Å². The van der Waals surface area contributed by atoms with Crippen LogP contribution in [-0.4, -0.2) is 58.1 Å². The Morgan fingerprint density at radius 3 is 2.71 bits per heavy atom. The highest BCUT2D eigenvalue weighted by molar-refractivity contribution is 5.75. The van der Waals surface area contributed by atoms with Gasteiger partial charge in [0.25, 0.3) is 0 Å². The lowest BCUT2D eigenvalue weighted by molar-refractivity contribution is -0.137.